The van der Waals surface area contributed by atoms with E-state index in [1.54, 1.807) is 22.6 Å². The van der Waals surface area contributed by atoms with Gasteiger partial charge in [0, 0.05) is 5.56 Å². The molecule has 0 radical (unpaired) electrons. The van der Waals surface area contributed by atoms with Gasteiger partial charge in [-0.15, -0.1) is 0 Å². The minimum Gasteiger partial charge on any atom is -0.373 e. The summed E-state index contributed by atoms with van der Waals surface area (Å²) in [4.78, 5) is 18.4. The first-order valence-electron chi connectivity index (χ1n) is 11.5. The molecule has 2 saturated heterocycles. The summed E-state index contributed by atoms with van der Waals surface area (Å²) in [6.07, 6.45) is 5.21. The van der Waals surface area contributed by atoms with Gasteiger partial charge < -0.3 is 19.7 Å². The zero-order chi connectivity index (χ0) is 20.6. The van der Waals surface area contributed by atoms with Crippen LogP contribution in [0.15, 0.2) is 6.33 Å². The van der Waals surface area contributed by atoms with E-state index < -0.39 is 0 Å². The number of aryl methyl sites for hydroxylation is 1. The third-order valence-corrected chi connectivity index (χ3v) is 7.91. The molecule has 0 atom stereocenters. The van der Waals surface area contributed by atoms with Crippen LogP contribution in [0.5, 0.6) is 0 Å². The van der Waals surface area contributed by atoms with E-state index in [-0.39, 0.29) is 0 Å². The average molecular weight is 443 g/mol. The number of aromatic amines is 1. The van der Waals surface area contributed by atoms with Crippen molar-refractivity contribution in [3.05, 3.63) is 17.5 Å². The standard InChI is InChI=1S/C22H28N6O2S/c1-2-15-16(3-1)21(28-8-12-30-13-9-28)26-22-17(15)18-19(31-22)20(25-14-24-18)23-4-5-27-6-10-29-11-7-27/h14H,1-13H2,(H,23,24,25)/p+2. The third-order valence-electron chi connectivity index (χ3n) is 6.81. The van der Waals surface area contributed by atoms with Crippen molar-refractivity contribution in [1.82, 2.24) is 9.97 Å². The van der Waals surface area contributed by atoms with Gasteiger partial charge in [-0.1, -0.05) is 11.3 Å². The second-order valence-corrected chi connectivity index (χ2v) is 9.65. The van der Waals surface area contributed by atoms with Gasteiger partial charge in [0.05, 0.1) is 50.4 Å². The Labute approximate surface area is 185 Å². The molecule has 2 aliphatic heterocycles. The number of aromatic nitrogens is 3. The highest BCUT2D eigenvalue weighted by atomic mass is 32.1. The summed E-state index contributed by atoms with van der Waals surface area (Å²) in [6, 6.07) is 0. The maximum Gasteiger partial charge on any atom is 0.279 e. The summed E-state index contributed by atoms with van der Waals surface area (Å²) < 4.78 is 12.2. The summed E-state index contributed by atoms with van der Waals surface area (Å²) in [7, 11) is 0. The second-order valence-electron chi connectivity index (χ2n) is 8.63. The van der Waals surface area contributed by atoms with Crippen molar-refractivity contribution in [3.8, 4) is 0 Å². The number of anilines is 2. The number of H-pyrrole nitrogens is 1. The van der Waals surface area contributed by atoms with Crippen LogP contribution in [0.2, 0.25) is 0 Å². The maximum atomic E-state index is 5.58. The van der Waals surface area contributed by atoms with Crippen molar-refractivity contribution < 1.29 is 19.4 Å². The minimum atomic E-state index is 0.803. The van der Waals surface area contributed by atoms with Crippen LogP contribution in [0, 0.1) is 0 Å². The van der Waals surface area contributed by atoms with Gasteiger partial charge in [0.2, 0.25) is 0 Å². The van der Waals surface area contributed by atoms with Gasteiger partial charge in [0.1, 0.15) is 43.0 Å². The van der Waals surface area contributed by atoms with Crippen LogP contribution < -0.4 is 20.1 Å². The molecule has 8 nitrogen and oxygen atoms in total. The van der Waals surface area contributed by atoms with E-state index in [0.29, 0.717) is 0 Å². The Kier molecular flexibility index (Phi) is 5.35. The highest BCUT2D eigenvalue weighted by Crippen LogP contribution is 2.41. The molecule has 0 unspecified atom stereocenters. The highest BCUT2D eigenvalue weighted by Gasteiger charge is 2.31. The Morgan fingerprint density at radius 1 is 1.06 bits per heavy atom. The number of nitrogens with one attached hydrogen (secondary N) is 3. The topological polar surface area (TPSA) is 78.1 Å². The number of hydrogen-bond acceptors (Lipinski definition) is 7. The molecule has 3 aromatic rings. The van der Waals surface area contributed by atoms with E-state index in [1.807, 2.05) is 0 Å². The summed E-state index contributed by atoms with van der Waals surface area (Å²) in [5.74, 6) is 2.26. The van der Waals surface area contributed by atoms with Gasteiger partial charge in [-0.05, 0) is 24.8 Å². The molecule has 0 aromatic carbocycles. The molecule has 0 amide bonds. The lowest BCUT2D eigenvalue weighted by atomic mass is 10.1. The van der Waals surface area contributed by atoms with Gasteiger partial charge in [-0.25, -0.2) is 15.0 Å². The first-order valence-corrected chi connectivity index (χ1v) is 12.3. The van der Waals surface area contributed by atoms with Crippen molar-refractivity contribution in [2.75, 3.05) is 75.9 Å². The molecule has 9 heteroatoms. The van der Waals surface area contributed by atoms with Gasteiger partial charge >= 0.3 is 0 Å². The second kappa shape index (κ2) is 8.46. The fourth-order valence-electron chi connectivity index (χ4n) is 5.19. The van der Waals surface area contributed by atoms with E-state index in [9.17, 15) is 0 Å². The van der Waals surface area contributed by atoms with Crippen molar-refractivity contribution >= 4 is 43.4 Å². The molecule has 0 spiro atoms. The summed E-state index contributed by atoms with van der Waals surface area (Å²) >= 11 is 1.79. The Balaban J connectivity index is 1.35. The minimum absolute atomic E-state index is 0.803. The zero-order valence-electron chi connectivity index (χ0n) is 17.8. The van der Waals surface area contributed by atoms with Crippen LogP contribution in [-0.2, 0) is 22.3 Å². The molecular formula is C22H30N6O2S+2. The van der Waals surface area contributed by atoms with Crippen molar-refractivity contribution in [2.45, 2.75) is 19.3 Å². The molecule has 3 aromatic heterocycles. The number of pyridine rings is 1. The number of fused-ring (bicyclic) bond motifs is 5. The molecule has 31 heavy (non-hydrogen) atoms. The molecule has 164 valence electrons. The predicted molar refractivity (Wildman–Crippen MR) is 121 cm³/mol. The summed E-state index contributed by atoms with van der Waals surface area (Å²) in [5.41, 5.74) is 4.07. The largest absolute Gasteiger partial charge is 0.373 e. The Morgan fingerprint density at radius 2 is 1.87 bits per heavy atom. The van der Waals surface area contributed by atoms with Crippen LogP contribution in [-0.4, -0.2) is 75.7 Å². The molecule has 3 aliphatic rings. The predicted octanol–water partition coefficient (Wildman–Crippen LogP) is 0.311. The molecular weight excluding hydrogens is 412 g/mol. The van der Waals surface area contributed by atoms with Crippen LogP contribution in [0.3, 0.4) is 0 Å². The van der Waals surface area contributed by atoms with Crippen LogP contribution in [0.4, 0.5) is 11.6 Å². The fourth-order valence-corrected chi connectivity index (χ4v) is 6.34. The van der Waals surface area contributed by atoms with Gasteiger partial charge in [-0.2, -0.15) is 0 Å². The molecule has 5 heterocycles. The quantitative estimate of drug-likeness (QED) is 0.592. The van der Waals surface area contributed by atoms with E-state index in [1.165, 1.54) is 38.3 Å². The maximum absolute atomic E-state index is 5.58. The Morgan fingerprint density at radius 3 is 2.74 bits per heavy atom. The lowest BCUT2D eigenvalue weighted by Crippen LogP contribution is -3.14. The van der Waals surface area contributed by atoms with Crippen molar-refractivity contribution in [3.63, 3.8) is 0 Å². The van der Waals surface area contributed by atoms with E-state index in [2.05, 4.69) is 20.2 Å². The number of rotatable bonds is 5. The zero-order valence-corrected chi connectivity index (χ0v) is 18.7. The monoisotopic (exact) mass is 442 g/mol. The van der Waals surface area contributed by atoms with Crippen molar-refractivity contribution in [1.29, 1.82) is 0 Å². The van der Waals surface area contributed by atoms with Gasteiger partial charge in [-0.3, -0.25) is 4.90 Å². The summed E-state index contributed by atoms with van der Waals surface area (Å²) in [5, 5.41) is 4.91. The van der Waals surface area contributed by atoms with Gasteiger partial charge in [0.15, 0.2) is 4.83 Å². The molecule has 2 fully saturated rings. The van der Waals surface area contributed by atoms with E-state index >= 15 is 0 Å². The molecule has 3 N–H and O–H groups in total. The van der Waals surface area contributed by atoms with E-state index in [0.717, 1.165) is 89.9 Å². The Hall–Kier alpha value is -2.07. The highest BCUT2D eigenvalue weighted by molar-refractivity contribution is 7.25. The summed E-state index contributed by atoms with van der Waals surface area (Å²) in [6.45, 7) is 9.44. The van der Waals surface area contributed by atoms with Gasteiger partial charge in [0.25, 0.3) is 5.82 Å². The number of morpholine rings is 2. The molecule has 6 rings (SSSR count). The number of nitrogens with zero attached hydrogens (tertiary/aromatic N) is 3. The molecule has 0 saturated carbocycles. The van der Waals surface area contributed by atoms with Crippen LogP contribution >= 0.6 is 11.3 Å². The third kappa shape index (κ3) is 3.63. The first kappa shape index (κ1) is 19.6. The van der Waals surface area contributed by atoms with Crippen LogP contribution in [0.1, 0.15) is 17.5 Å². The first-order chi connectivity index (χ1) is 15.4. The molecule has 0 bridgehead atoms. The lowest BCUT2D eigenvalue weighted by Gasteiger charge is -2.23. The fraction of sp³-hybridized carbons (Fsp3) is 0.591. The average Bonchev–Trinajstić information content (AvgIpc) is 3.45. The van der Waals surface area contributed by atoms with E-state index in [4.69, 9.17) is 14.5 Å². The number of quaternary nitrogens is 1. The normalized spacial score (nSPS) is 19.9. The number of hydrogen-bond donors (Lipinski definition) is 2. The SMILES string of the molecule is c1nc(NCC[NH+]2CCOCC2)c2sc3[nH+]c(N4CCOCC4)c4c(c3c2n1)CCC4. The lowest BCUT2D eigenvalue weighted by molar-refractivity contribution is -0.906. The number of ether oxygens (including phenoxy) is 2. The van der Waals surface area contributed by atoms with Crippen LogP contribution in [0.25, 0.3) is 20.4 Å². The Bertz CT molecular complexity index is 1090. The smallest absolute Gasteiger partial charge is 0.279 e. The molecule has 1 aliphatic carbocycles. The number of thiophene rings is 1. The van der Waals surface area contributed by atoms with Crippen molar-refractivity contribution in [2.24, 2.45) is 0 Å².